The first kappa shape index (κ1) is 10.5. The molecule has 3 nitrogen and oxygen atoms in total. The topological polar surface area (TPSA) is 33.3 Å². The zero-order chi connectivity index (χ0) is 11.5. The standard InChI is InChI=1S/C13H13NO2/c1-10-6-5-7-11(2)14(10)16-13-9-4-3-8-12(13)15/h3-9H,1-2H3/p+1. The number of benzene rings is 1. The van der Waals surface area contributed by atoms with E-state index in [1.54, 1.807) is 22.9 Å². The molecular formula is C13H14NO2+. The van der Waals surface area contributed by atoms with E-state index in [9.17, 15) is 5.11 Å². The Hall–Kier alpha value is -2.03. The fourth-order valence-electron chi connectivity index (χ4n) is 1.52. The third-order valence-electron chi connectivity index (χ3n) is 2.37. The summed E-state index contributed by atoms with van der Waals surface area (Å²) in [5.41, 5.74) is 1.95. The minimum Gasteiger partial charge on any atom is -0.504 e. The molecule has 1 aromatic carbocycles. The summed E-state index contributed by atoms with van der Waals surface area (Å²) in [6, 6.07) is 12.8. The summed E-state index contributed by atoms with van der Waals surface area (Å²) in [7, 11) is 0. The van der Waals surface area contributed by atoms with Gasteiger partial charge in [0, 0.05) is 30.7 Å². The number of nitrogens with zero attached hydrogens (tertiary/aromatic N) is 1. The van der Waals surface area contributed by atoms with Gasteiger partial charge in [-0.05, 0) is 18.2 Å². The number of aromatic nitrogens is 1. The van der Waals surface area contributed by atoms with Crippen molar-refractivity contribution in [2.45, 2.75) is 13.8 Å². The second-order valence-electron chi connectivity index (χ2n) is 3.66. The van der Waals surface area contributed by atoms with Crippen molar-refractivity contribution in [1.29, 1.82) is 0 Å². The van der Waals surface area contributed by atoms with Crippen LogP contribution in [0.3, 0.4) is 0 Å². The number of para-hydroxylation sites is 2. The molecule has 2 aromatic rings. The normalized spacial score (nSPS) is 10.1. The van der Waals surface area contributed by atoms with Gasteiger partial charge in [-0.25, -0.2) is 4.84 Å². The number of aromatic hydroxyl groups is 1. The highest BCUT2D eigenvalue weighted by atomic mass is 16.7. The van der Waals surface area contributed by atoms with Gasteiger partial charge >= 0.3 is 0 Å². The van der Waals surface area contributed by atoms with Crippen molar-refractivity contribution in [2.75, 3.05) is 0 Å². The lowest BCUT2D eigenvalue weighted by molar-refractivity contribution is -0.883. The van der Waals surface area contributed by atoms with Gasteiger partial charge in [-0.2, -0.15) is 0 Å². The summed E-state index contributed by atoms with van der Waals surface area (Å²) >= 11 is 0. The zero-order valence-corrected chi connectivity index (χ0v) is 9.34. The Bertz CT molecular complexity index is 489. The average molecular weight is 216 g/mol. The lowest BCUT2D eigenvalue weighted by Crippen LogP contribution is -2.45. The van der Waals surface area contributed by atoms with Crippen molar-refractivity contribution >= 4 is 0 Å². The molecule has 0 radical (unpaired) electrons. The molecule has 0 aliphatic carbocycles. The highest BCUT2D eigenvalue weighted by Gasteiger charge is 2.15. The predicted molar refractivity (Wildman–Crippen MR) is 60.2 cm³/mol. The second kappa shape index (κ2) is 4.23. The van der Waals surface area contributed by atoms with Gasteiger partial charge in [0.2, 0.25) is 17.1 Å². The Kier molecular flexibility index (Phi) is 2.77. The van der Waals surface area contributed by atoms with Crippen molar-refractivity contribution in [2.24, 2.45) is 0 Å². The highest BCUT2D eigenvalue weighted by molar-refractivity contribution is 5.37. The maximum atomic E-state index is 9.62. The van der Waals surface area contributed by atoms with Gasteiger partial charge in [0.15, 0.2) is 5.75 Å². The quantitative estimate of drug-likeness (QED) is 0.780. The van der Waals surface area contributed by atoms with Crippen molar-refractivity contribution in [1.82, 2.24) is 0 Å². The minimum absolute atomic E-state index is 0.137. The maximum Gasteiger partial charge on any atom is 0.245 e. The summed E-state index contributed by atoms with van der Waals surface area (Å²) in [6.07, 6.45) is 0. The first-order valence-electron chi connectivity index (χ1n) is 5.13. The lowest BCUT2D eigenvalue weighted by atomic mass is 10.3. The number of hydrogen-bond acceptors (Lipinski definition) is 2. The first-order chi connectivity index (χ1) is 7.68. The molecule has 0 fully saturated rings. The number of phenolic OH excluding ortho intramolecular Hbond substituents is 1. The van der Waals surface area contributed by atoms with E-state index in [0.29, 0.717) is 5.75 Å². The van der Waals surface area contributed by atoms with Crippen LogP contribution in [-0.4, -0.2) is 5.11 Å². The predicted octanol–water partition coefficient (Wildman–Crippen LogP) is 2.14. The second-order valence-corrected chi connectivity index (χ2v) is 3.66. The Morgan fingerprint density at radius 2 is 1.56 bits per heavy atom. The van der Waals surface area contributed by atoms with E-state index >= 15 is 0 Å². The molecule has 1 aromatic heterocycles. The molecule has 0 aliphatic heterocycles. The maximum absolute atomic E-state index is 9.62. The van der Waals surface area contributed by atoms with Crippen LogP contribution in [0.25, 0.3) is 0 Å². The van der Waals surface area contributed by atoms with Crippen molar-refractivity contribution in [3.63, 3.8) is 0 Å². The molecule has 0 saturated heterocycles. The molecule has 0 unspecified atom stereocenters. The largest absolute Gasteiger partial charge is 0.504 e. The molecule has 3 heteroatoms. The fraction of sp³-hybridized carbons (Fsp3) is 0.154. The summed E-state index contributed by atoms with van der Waals surface area (Å²) < 4.78 is 1.69. The lowest BCUT2D eigenvalue weighted by Gasteiger charge is -2.03. The van der Waals surface area contributed by atoms with Gasteiger partial charge < -0.3 is 5.11 Å². The third kappa shape index (κ3) is 1.98. The Labute approximate surface area is 94.5 Å². The van der Waals surface area contributed by atoms with Gasteiger partial charge in [0.25, 0.3) is 0 Å². The molecule has 0 saturated carbocycles. The number of hydrogen-bond donors (Lipinski definition) is 1. The Morgan fingerprint density at radius 1 is 0.938 bits per heavy atom. The Balaban J connectivity index is 2.38. The van der Waals surface area contributed by atoms with Crippen molar-refractivity contribution in [3.8, 4) is 11.5 Å². The molecule has 2 rings (SSSR count). The minimum atomic E-state index is 0.137. The average Bonchev–Trinajstić information content (AvgIpc) is 2.26. The van der Waals surface area contributed by atoms with E-state index < -0.39 is 0 Å². The van der Waals surface area contributed by atoms with Crippen LogP contribution in [0.1, 0.15) is 11.4 Å². The summed E-state index contributed by atoms with van der Waals surface area (Å²) in [4.78, 5) is 5.64. The Morgan fingerprint density at radius 3 is 2.19 bits per heavy atom. The molecule has 82 valence electrons. The SMILES string of the molecule is Cc1cccc(C)[n+]1Oc1ccccc1O. The summed E-state index contributed by atoms with van der Waals surface area (Å²) in [5, 5.41) is 9.62. The van der Waals surface area contributed by atoms with Gasteiger partial charge in [-0.3, -0.25) is 0 Å². The van der Waals surface area contributed by atoms with E-state index in [1.165, 1.54) is 0 Å². The van der Waals surface area contributed by atoms with E-state index in [-0.39, 0.29) is 5.75 Å². The van der Waals surface area contributed by atoms with Gasteiger partial charge in [0.1, 0.15) is 0 Å². The monoisotopic (exact) mass is 216 g/mol. The van der Waals surface area contributed by atoms with E-state index in [4.69, 9.17) is 4.84 Å². The van der Waals surface area contributed by atoms with Crippen LogP contribution in [-0.2, 0) is 0 Å². The van der Waals surface area contributed by atoms with Crippen LogP contribution in [0.4, 0.5) is 0 Å². The molecular weight excluding hydrogens is 202 g/mol. The molecule has 1 heterocycles. The van der Waals surface area contributed by atoms with E-state index in [2.05, 4.69) is 0 Å². The molecule has 0 atom stereocenters. The molecule has 0 spiro atoms. The van der Waals surface area contributed by atoms with Crippen LogP contribution in [0.2, 0.25) is 0 Å². The third-order valence-corrected chi connectivity index (χ3v) is 2.37. The summed E-state index contributed by atoms with van der Waals surface area (Å²) in [6.45, 7) is 3.90. The number of rotatable bonds is 2. The van der Waals surface area contributed by atoms with Gasteiger partial charge in [-0.15, -0.1) is 0 Å². The van der Waals surface area contributed by atoms with Crippen LogP contribution in [0.15, 0.2) is 42.5 Å². The fourth-order valence-corrected chi connectivity index (χ4v) is 1.52. The smallest absolute Gasteiger partial charge is 0.245 e. The number of pyridine rings is 1. The van der Waals surface area contributed by atoms with E-state index in [0.717, 1.165) is 11.4 Å². The number of phenols is 1. The van der Waals surface area contributed by atoms with E-state index in [1.807, 2.05) is 38.1 Å². The zero-order valence-electron chi connectivity index (χ0n) is 9.34. The van der Waals surface area contributed by atoms with Crippen LogP contribution >= 0.6 is 0 Å². The van der Waals surface area contributed by atoms with Crippen LogP contribution < -0.4 is 9.57 Å². The molecule has 0 aliphatic rings. The van der Waals surface area contributed by atoms with Crippen LogP contribution in [0.5, 0.6) is 11.5 Å². The number of aryl methyl sites for hydroxylation is 2. The molecule has 1 N–H and O–H groups in total. The molecule has 0 bridgehead atoms. The highest BCUT2D eigenvalue weighted by Crippen LogP contribution is 2.23. The van der Waals surface area contributed by atoms with Crippen molar-refractivity contribution in [3.05, 3.63) is 53.9 Å². The first-order valence-corrected chi connectivity index (χ1v) is 5.13. The summed E-state index contributed by atoms with van der Waals surface area (Å²) in [5.74, 6) is 0.586. The van der Waals surface area contributed by atoms with Gasteiger partial charge in [0.05, 0.1) is 0 Å². The molecule has 16 heavy (non-hydrogen) atoms. The van der Waals surface area contributed by atoms with Crippen molar-refractivity contribution < 1.29 is 14.7 Å². The van der Waals surface area contributed by atoms with Gasteiger partial charge in [-0.1, -0.05) is 12.1 Å². The molecule has 0 amide bonds. The van der Waals surface area contributed by atoms with Crippen LogP contribution in [0, 0.1) is 13.8 Å².